The monoisotopic (exact) mass is 506 g/mol. The van der Waals surface area contributed by atoms with E-state index in [0.29, 0.717) is 11.5 Å². The number of carbonyl (C=O) groups is 1. The third kappa shape index (κ3) is 6.79. The lowest BCUT2D eigenvalue weighted by Gasteiger charge is -2.43. The average molecular weight is 507 g/mol. The van der Waals surface area contributed by atoms with Gasteiger partial charge in [-0.1, -0.05) is 30.7 Å². The lowest BCUT2D eigenvalue weighted by molar-refractivity contribution is -0.127. The summed E-state index contributed by atoms with van der Waals surface area (Å²) in [6.45, 7) is 6.80. The number of halogens is 5. The molecule has 3 rings (SSSR count). The molecule has 0 unspecified atom stereocenters. The summed E-state index contributed by atoms with van der Waals surface area (Å²) in [4.78, 5) is 10.7. The molecule has 9 heteroatoms. The summed E-state index contributed by atoms with van der Waals surface area (Å²) in [7, 11) is -3.67. The highest BCUT2D eigenvalue weighted by molar-refractivity contribution is 7.92. The van der Waals surface area contributed by atoms with Crippen molar-refractivity contribution < 1.29 is 30.8 Å². The molecule has 3 nitrogen and oxygen atoms in total. The van der Waals surface area contributed by atoms with Gasteiger partial charge in [-0.05, 0) is 81.3 Å². The fourth-order valence-corrected chi connectivity index (χ4v) is 5.68. The third-order valence-corrected chi connectivity index (χ3v) is 8.89. The molecule has 0 bridgehead atoms. The van der Waals surface area contributed by atoms with E-state index in [1.807, 2.05) is 0 Å². The number of alkyl halides is 3. The number of Topliss-reactive ketones (excluding diaryl/α,β-unsaturated/α-hetero) is 1. The average Bonchev–Trinajstić information content (AvgIpc) is 2.66. The minimum absolute atomic E-state index is 0.0150. The van der Waals surface area contributed by atoms with Crippen LogP contribution in [0.15, 0.2) is 47.4 Å². The van der Waals surface area contributed by atoms with Crippen molar-refractivity contribution in [3.8, 4) is 0 Å². The maximum atomic E-state index is 12.8. The predicted molar refractivity (Wildman–Crippen MR) is 121 cm³/mol. The summed E-state index contributed by atoms with van der Waals surface area (Å²) in [5.41, 5.74) is 0.318. The molecule has 0 radical (unpaired) electrons. The molecule has 0 N–H and O–H groups in total. The minimum Gasteiger partial charge on any atom is -0.295 e. The fourth-order valence-electron chi connectivity index (χ4n) is 3.76. The summed E-state index contributed by atoms with van der Waals surface area (Å²) in [6.07, 6.45) is -3.78. The van der Waals surface area contributed by atoms with Crippen molar-refractivity contribution >= 4 is 27.2 Å². The molecule has 0 aliphatic heterocycles. The fraction of sp³-hybridized carbons (Fsp3) is 0.458. The molecular weight excluding hydrogens is 480 g/mol. The van der Waals surface area contributed by atoms with Gasteiger partial charge in [0.15, 0.2) is 15.6 Å². The van der Waals surface area contributed by atoms with Crippen LogP contribution in [0.4, 0.5) is 17.6 Å². The van der Waals surface area contributed by atoms with Crippen molar-refractivity contribution in [2.75, 3.05) is 0 Å². The van der Waals surface area contributed by atoms with Gasteiger partial charge in [-0.3, -0.25) is 4.79 Å². The largest absolute Gasteiger partial charge is 0.393 e. The number of carbonyl (C=O) groups excluding carboxylic acids is 1. The molecule has 1 aliphatic rings. The summed E-state index contributed by atoms with van der Waals surface area (Å²) >= 11 is 5.40. The molecule has 2 aromatic rings. The van der Waals surface area contributed by atoms with Gasteiger partial charge in [0.25, 0.3) is 0 Å². The molecule has 2 aromatic carbocycles. The molecule has 1 saturated carbocycles. The smallest absolute Gasteiger partial charge is 0.295 e. The first-order valence-corrected chi connectivity index (χ1v) is 12.3. The molecular formula is C24H27ClF4O3S. The predicted octanol–water partition coefficient (Wildman–Crippen LogP) is 7.07. The van der Waals surface area contributed by atoms with Crippen LogP contribution in [0.5, 0.6) is 0 Å². The first-order valence-electron chi connectivity index (χ1n) is 10.4. The molecule has 0 amide bonds. The van der Waals surface area contributed by atoms with Gasteiger partial charge in [0, 0.05) is 5.56 Å². The minimum atomic E-state index is -4.35. The van der Waals surface area contributed by atoms with Crippen molar-refractivity contribution in [3.63, 3.8) is 0 Å². The Labute approximate surface area is 197 Å². The Kier molecular flexibility index (Phi) is 8.39. The van der Waals surface area contributed by atoms with E-state index in [-0.39, 0.29) is 27.2 Å². The van der Waals surface area contributed by atoms with E-state index in [1.54, 1.807) is 13.8 Å². The molecule has 182 valence electrons. The van der Waals surface area contributed by atoms with Crippen LogP contribution < -0.4 is 0 Å². The summed E-state index contributed by atoms with van der Waals surface area (Å²) in [5.74, 6) is -0.158. The van der Waals surface area contributed by atoms with Gasteiger partial charge < -0.3 is 0 Å². The SMILES string of the molecule is CC(=O)c1ccc(Cl)c(F)c1.CC1CC(C(C)(C)S(=O)(=O)c2cccc(CC(F)(F)F)c2)C1. The Morgan fingerprint density at radius 3 is 2.18 bits per heavy atom. The number of hydrogen-bond donors (Lipinski definition) is 0. The maximum Gasteiger partial charge on any atom is 0.393 e. The topological polar surface area (TPSA) is 51.2 Å². The van der Waals surface area contributed by atoms with Crippen LogP contribution in [-0.4, -0.2) is 25.1 Å². The van der Waals surface area contributed by atoms with E-state index in [9.17, 15) is 30.8 Å². The summed E-state index contributed by atoms with van der Waals surface area (Å²) in [5, 5.41) is 0.0370. The Morgan fingerprint density at radius 1 is 1.09 bits per heavy atom. The maximum absolute atomic E-state index is 12.8. The van der Waals surface area contributed by atoms with Crippen LogP contribution in [-0.2, 0) is 16.3 Å². The van der Waals surface area contributed by atoms with E-state index in [2.05, 4.69) is 6.92 Å². The number of rotatable bonds is 5. The Bertz CT molecular complexity index is 1100. The second-order valence-corrected chi connectivity index (χ2v) is 11.9. The van der Waals surface area contributed by atoms with E-state index in [4.69, 9.17) is 11.6 Å². The van der Waals surface area contributed by atoms with Crippen molar-refractivity contribution in [2.24, 2.45) is 11.8 Å². The molecule has 33 heavy (non-hydrogen) atoms. The third-order valence-electron chi connectivity index (χ3n) is 5.99. The molecule has 0 saturated heterocycles. The normalized spacial score (nSPS) is 18.7. The zero-order chi connectivity index (χ0) is 25.2. The molecule has 0 spiro atoms. The van der Waals surface area contributed by atoms with Crippen LogP contribution in [0.25, 0.3) is 0 Å². The van der Waals surface area contributed by atoms with Crippen LogP contribution in [0.1, 0.15) is 56.5 Å². The quantitative estimate of drug-likeness (QED) is 0.322. The van der Waals surface area contributed by atoms with Crippen molar-refractivity contribution in [1.29, 1.82) is 0 Å². The standard InChI is InChI=1S/C16H21F3O2S.C8H6ClFO/c1-11-7-13(8-11)15(2,3)22(20,21)14-6-4-5-12(9-14)10-16(17,18)19;1-5(11)6-2-3-7(9)8(10)4-6/h4-6,9,11,13H,7-8,10H2,1-3H3;2-4H,1H3. The van der Waals surface area contributed by atoms with Gasteiger partial charge in [0.2, 0.25) is 0 Å². The van der Waals surface area contributed by atoms with Crippen LogP contribution in [0.3, 0.4) is 0 Å². The second-order valence-electron chi connectivity index (χ2n) is 9.00. The number of ketones is 1. The lowest BCUT2D eigenvalue weighted by Crippen LogP contribution is -2.45. The molecule has 0 atom stereocenters. The Balaban J connectivity index is 0.000000294. The number of hydrogen-bond acceptors (Lipinski definition) is 3. The number of sulfone groups is 1. The number of benzene rings is 2. The molecule has 0 heterocycles. The Morgan fingerprint density at radius 2 is 1.70 bits per heavy atom. The highest BCUT2D eigenvalue weighted by atomic mass is 35.5. The Hall–Kier alpha value is -1.93. The van der Waals surface area contributed by atoms with Crippen LogP contribution in [0, 0.1) is 17.7 Å². The van der Waals surface area contributed by atoms with Crippen LogP contribution in [0.2, 0.25) is 5.02 Å². The van der Waals surface area contributed by atoms with Gasteiger partial charge in [0.1, 0.15) is 5.82 Å². The van der Waals surface area contributed by atoms with Gasteiger partial charge >= 0.3 is 6.18 Å². The van der Waals surface area contributed by atoms with Crippen molar-refractivity contribution in [3.05, 3.63) is 64.4 Å². The van der Waals surface area contributed by atoms with E-state index in [0.717, 1.165) is 25.0 Å². The van der Waals surface area contributed by atoms with Crippen molar-refractivity contribution in [1.82, 2.24) is 0 Å². The van der Waals surface area contributed by atoms with E-state index >= 15 is 0 Å². The van der Waals surface area contributed by atoms with E-state index in [1.165, 1.54) is 37.3 Å². The summed E-state index contributed by atoms with van der Waals surface area (Å²) < 4.78 is 74.8. The highest BCUT2D eigenvalue weighted by Crippen LogP contribution is 2.46. The molecule has 1 fully saturated rings. The lowest BCUT2D eigenvalue weighted by atomic mass is 9.70. The van der Waals surface area contributed by atoms with E-state index < -0.39 is 33.0 Å². The van der Waals surface area contributed by atoms with Gasteiger partial charge in [0.05, 0.1) is 21.1 Å². The van der Waals surface area contributed by atoms with Crippen molar-refractivity contribution in [2.45, 2.75) is 62.8 Å². The zero-order valence-electron chi connectivity index (χ0n) is 18.8. The van der Waals surface area contributed by atoms with Gasteiger partial charge in [-0.15, -0.1) is 0 Å². The van der Waals surface area contributed by atoms with Gasteiger partial charge in [-0.2, -0.15) is 13.2 Å². The van der Waals surface area contributed by atoms with Gasteiger partial charge in [-0.25, -0.2) is 12.8 Å². The molecule has 0 aromatic heterocycles. The van der Waals surface area contributed by atoms with Crippen LogP contribution >= 0.6 is 11.6 Å². The second kappa shape index (κ2) is 10.1. The molecule has 1 aliphatic carbocycles. The summed E-state index contributed by atoms with van der Waals surface area (Å²) in [6, 6.07) is 9.23. The first kappa shape index (κ1) is 27.3. The zero-order valence-corrected chi connectivity index (χ0v) is 20.4. The first-order chi connectivity index (χ1) is 15.0. The highest BCUT2D eigenvalue weighted by Gasteiger charge is 2.47.